The Balaban J connectivity index is 1.95. The smallest absolute Gasteiger partial charge is 0.243 e. The minimum Gasteiger partial charge on any atom is -0.497 e. The molecule has 1 unspecified atom stereocenters. The largest absolute Gasteiger partial charge is 0.497 e. The lowest BCUT2D eigenvalue weighted by Gasteiger charge is -2.34. The lowest BCUT2D eigenvalue weighted by molar-refractivity contribution is 0.0321. The molecule has 1 fully saturated rings. The third-order valence-electron chi connectivity index (χ3n) is 3.93. The highest BCUT2D eigenvalue weighted by Gasteiger charge is 2.34. The third-order valence-corrected chi connectivity index (χ3v) is 5.85. The number of hydrogen-bond acceptors (Lipinski definition) is 4. The molecule has 3 rings (SSSR count). The van der Waals surface area contributed by atoms with Crippen LogP contribution in [0.1, 0.15) is 11.6 Å². The van der Waals surface area contributed by atoms with E-state index in [1.165, 1.54) is 4.31 Å². The lowest BCUT2D eigenvalue weighted by Crippen LogP contribution is -2.43. The summed E-state index contributed by atoms with van der Waals surface area (Å²) in [6.45, 7) is 1.10. The number of hydrogen-bond donors (Lipinski definition) is 0. The van der Waals surface area contributed by atoms with Crippen molar-refractivity contribution in [2.45, 2.75) is 10.9 Å². The van der Waals surface area contributed by atoms with Crippen LogP contribution < -0.4 is 4.74 Å². The minimum absolute atomic E-state index is 0.265. The Morgan fingerprint density at radius 3 is 2.43 bits per heavy atom. The Hall–Kier alpha value is -1.89. The molecule has 0 amide bonds. The van der Waals surface area contributed by atoms with Gasteiger partial charge in [0.15, 0.2) is 0 Å². The number of sulfonamides is 1. The monoisotopic (exact) mass is 333 g/mol. The Bertz CT molecular complexity index is 744. The van der Waals surface area contributed by atoms with E-state index in [-0.39, 0.29) is 10.9 Å². The van der Waals surface area contributed by atoms with Crippen LogP contribution in [0.4, 0.5) is 0 Å². The molecule has 1 saturated heterocycles. The molecule has 1 aliphatic heterocycles. The number of methoxy groups -OCH3 is 1. The van der Waals surface area contributed by atoms with Gasteiger partial charge in [-0.3, -0.25) is 0 Å². The molecule has 0 radical (unpaired) electrons. The highest BCUT2D eigenvalue weighted by Crippen LogP contribution is 2.30. The van der Waals surface area contributed by atoms with Crippen molar-refractivity contribution >= 4 is 10.0 Å². The molecule has 6 heteroatoms. The fourth-order valence-electron chi connectivity index (χ4n) is 2.70. The van der Waals surface area contributed by atoms with E-state index in [0.29, 0.717) is 25.5 Å². The molecule has 23 heavy (non-hydrogen) atoms. The van der Waals surface area contributed by atoms with Crippen LogP contribution in [0.2, 0.25) is 0 Å². The Kier molecular flexibility index (Phi) is 4.66. The molecule has 0 aromatic heterocycles. The number of morpholine rings is 1. The summed E-state index contributed by atoms with van der Waals surface area (Å²) in [6.07, 6.45) is 0. The molecule has 5 nitrogen and oxygen atoms in total. The normalized spacial score (nSPS) is 19.4. The first-order chi connectivity index (χ1) is 11.1. The van der Waals surface area contributed by atoms with Crippen molar-refractivity contribution in [2.24, 2.45) is 0 Å². The van der Waals surface area contributed by atoms with Gasteiger partial charge >= 0.3 is 0 Å². The highest BCUT2D eigenvalue weighted by molar-refractivity contribution is 7.89. The van der Waals surface area contributed by atoms with Crippen molar-refractivity contribution in [3.63, 3.8) is 0 Å². The van der Waals surface area contributed by atoms with Gasteiger partial charge in [0.2, 0.25) is 10.0 Å². The molecule has 0 saturated carbocycles. The van der Waals surface area contributed by atoms with E-state index in [1.54, 1.807) is 31.4 Å². The molecule has 0 N–H and O–H groups in total. The van der Waals surface area contributed by atoms with E-state index < -0.39 is 10.0 Å². The van der Waals surface area contributed by atoms with Crippen molar-refractivity contribution < 1.29 is 17.9 Å². The second-order valence-electron chi connectivity index (χ2n) is 5.29. The first kappa shape index (κ1) is 16.0. The predicted molar refractivity (Wildman–Crippen MR) is 86.9 cm³/mol. The second-order valence-corrected chi connectivity index (χ2v) is 7.18. The standard InChI is InChI=1S/C17H19NO4S/c1-21-15-7-9-16(10-8-15)23(19,20)18-11-12-22-13-17(18)14-5-3-2-4-6-14/h2-10,17H,11-13H2,1H3. The number of rotatable bonds is 4. The SMILES string of the molecule is COc1ccc(S(=O)(=O)N2CCOCC2c2ccccc2)cc1. The fourth-order valence-corrected chi connectivity index (χ4v) is 4.28. The van der Waals surface area contributed by atoms with Gasteiger partial charge in [-0.05, 0) is 29.8 Å². The van der Waals surface area contributed by atoms with E-state index in [1.807, 2.05) is 30.3 Å². The van der Waals surface area contributed by atoms with Gasteiger partial charge in [-0.1, -0.05) is 30.3 Å². The van der Waals surface area contributed by atoms with Crippen LogP contribution in [0, 0.1) is 0 Å². The van der Waals surface area contributed by atoms with E-state index in [2.05, 4.69) is 0 Å². The maximum absolute atomic E-state index is 13.0. The van der Waals surface area contributed by atoms with Gasteiger partial charge in [0.1, 0.15) is 5.75 Å². The molecule has 0 aliphatic carbocycles. The minimum atomic E-state index is -3.59. The number of nitrogens with zero attached hydrogens (tertiary/aromatic N) is 1. The van der Waals surface area contributed by atoms with Crippen LogP contribution in [0.25, 0.3) is 0 Å². The van der Waals surface area contributed by atoms with Crippen molar-refractivity contribution in [3.05, 3.63) is 60.2 Å². The molecule has 122 valence electrons. The van der Waals surface area contributed by atoms with Crippen LogP contribution in [-0.4, -0.2) is 39.6 Å². The lowest BCUT2D eigenvalue weighted by atomic mass is 10.1. The van der Waals surface area contributed by atoms with Gasteiger partial charge in [0.25, 0.3) is 0 Å². The molecule has 2 aromatic carbocycles. The summed E-state index contributed by atoms with van der Waals surface area (Å²) < 4.78 is 38.1. The Morgan fingerprint density at radius 1 is 1.09 bits per heavy atom. The predicted octanol–water partition coefficient (Wildman–Crippen LogP) is 2.46. The Morgan fingerprint density at radius 2 is 1.78 bits per heavy atom. The van der Waals surface area contributed by atoms with Crippen LogP contribution in [0.3, 0.4) is 0 Å². The van der Waals surface area contributed by atoms with Gasteiger partial charge < -0.3 is 9.47 Å². The van der Waals surface area contributed by atoms with Crippen LogP contribution in [0.5, 0.6) is 5.75 Å². The average Bonchev–Trinajstić information content (AvgIpc) is 2.62. The number of ether oxygens (including phenoxy) is 2. The summed E-state index contributed by atoms with van der Waals surface area (Å²) in [5.74, 6) is 0.630. The molecular weight excluding hydrogens is 314 g/mol. The average molecular weight is 333 g/mol. The molecule has 2 aromatic rings. The third kappa shape index (κ3) is 3.24. The first-order valence-electron chi connectivity index (χ1n) is 7.41. The van der Waals surface area contributed by atoms with Gasteiger partial charge in [0, 0.05) is 6.54 Å². The van der Waals surface area contributed by atoms with Crippen LogP contribution >= 0.6 is 0 Å². The van der Waals surface area contributed by atoms with Gasteiger partial charge in [-0.2, -0.15) is 4.31 Å². The highest BCUT2D eigenvalue weighted by atomic mass is 32.2. The summed E-state index contributed by atoms with van der Waals surface area (Å²) in [4.78, 5) is 0.265. The zero-order chi connectivity index (χ0) is 16.3. The van der Waals surface area contributed by atoms with Crippen molar-refractivity contribution in [2.75, 3.05) is 26.9 Å². The molecule has 0 bridgehead atoms. The van der Waals surface area contributed by atoms with E-state index >= 15 is 0 Å². The summed E-state index contributed by atoms with van der Waals surface area (Å²) in [6, 6.07) is 15.7. The summed E-state index contributed by atoms with van der Waals surface area (Å²) >= 11 is 0. The quantitative estimate of drug-likeness (QED) is 0.862. The Labute approximate surface area is 136 Å². The van der Waals surface area contributed by atoms with Crippen molar-refractivity contribution in [3.8, 4) is 5.75 Å². The van der Waals surface area contributed by atoms with E-state index in [9.17, 15) is 8.42 Å². The van der Waals surface area contributed by atoms with Gasteiger partial charge in [0.05, 0.1) is 31.3 Å². The van der Waals surface area contributed by atoms with Gasteiger partial charge in [-0.15, -0.1) is 0 Å². The first-order valence-corrected chi connectivity index (χ1v) is 8.85. The number of benzene rings is 2. The molecular formula is C17H19NO4S. The summed E-state index contributed by atoms with van der Waals surface area (Å²) in [5.41, 5.74) is 0.935. The zero-order valence-electron chi connectivity index (χ0n) is 12.9. The topological polar surface area (TPSA) is 55.8 Å². The van der Waals surface area contributed by atoms with Gasteiger partial charge in [-0.25, -0.2) is 8.42 Å². The maximum atomic E-state index is 13.0. The molecule has 1 atom stereocenters. The fraction of sp³-hybridized carbons (Fsp3) is 0.294. The summed E-state index contributed by atoms with van der Waals surface area (Å²) in [5, 5.41) is 0. The molecule has 0 spiro atoms. The van der Waals surface area contributed by atoms with Crippen LogP contribution in [-0.2, 0) is 14.8 Å². The van der Waals surface area contributed by atoms with E-state index in [0.717, 1.165) is 5.56 Å². The summed E-state index contributed by atoms with van der Waals surface area (Å²) in [7, 11) is -2.03. The maximum Gasteiger partial charge on any atom is 0.243 e. The molecule has 1 heterocycles. The second kappa shape index (κ2) is 6.70. The molecule has 1 aliphatic rings. The van der Waals surface area contributed by atoms with Crippen molar-refractivity contribution in [1.29, 1.82) is 0 Å². The van der Waals surface area contributed by atoms with Crippen LogP contribution in [0.15, 0.2) is 59.5 Å². The van der Waals surface area contributed by atoms with E-state index in [4.69, 9.17) is 9.47 Å². The van der Waals surface area contributed by atoms with Crippen molar-refractivity contribution in [1.82, 2.24) is 4.31 Å². The zero-order valence-corrected chi connectivity index (χ0v) is 13.7.